The van der Waals surface area contributed by atoms with Crippen LogP contribution in [0.2, 0.25) is 0 Å². The van der Waals surface area contributed by atoms with Crippen molar-refractivity contribution in [3.63, 3.8) is 0 Å². The van der Waals surface area contributed by atoms with E-state index < -0.39 is 0 Å². The largest absolute Gasteiger partial charge is 0.508 e. The minimum absolute atomic E-state index is 0.316. The number of aromatic hydroxyl groups is 1. The molecule has 2 aliphatic rings. The average Bonchev–Trinajstić information content (AvgIpc) is 2.99. The quantitative estimate of drug-likeness (QED) is 0.744. The molecule has 18 heavy (non-hydrogen) atoms. The molecule has 0 unspecified atom stereocenters. The Kier molecular flexibility index (Phi) is 3.70. The first-order valence-corrected chi connectivity index (χ1v) is 7.17. The fraction of sp³-hybridized carbons (Fsp3) is 0.647. The van der Waals surface area contributed by atoms with Gasteiger partial charge in [0.15, 0.2) is 0 Å². The van der Waals surface area contributed by atoms with E-state index >= 15 is 0 Å². The van der Waals surface area contributed by atoms with Crippen LogP contribution in [0.15, 0.2) is 24.3 Å². The monoisotopic (exact) mass is 246 g/mol. The van der Waals surface area contributed by atoms with Crippen molar-refractivity contribution < 1.29 is 5.11 Å². The summed E-state index contributed by atoms with van der Waals surface area (Å²) in [6.45, 7) is 6.62. The van der Waals surface area contributed by atoms with Crippen molar-refractivity contribution in [3.05, 3.63) is 29.8 Å². The lowest BCUT2D eigenvalue weighted by Crippen LogP contribution is -2.10. The maximum atomic E-state index is 9.05. The minimum Gasteiger partial charge on any atom is -0.508 e. The van der Waals surface area contributed by atoms with E-state index in [9.17, 15) is 0 Å². The molecule has 0 heterocycles. The highest BCUT2D eigenvalue weighted by Crippen LogP contribution is 2.60. The Morgan fingerprint density at radius 1 is 1.00 bits per heavy atom. The van der Waals surface area contributed by atoms with Crippen LogP contribution in [0.1, 0.15) is 58.4 Å². The number of benzene rings is 1. The van der Waals surface area contributed by atoms with Gasteiger partial charge in [0.1, 0.15) is 5.75 Å². The van der Waals surface area contributed by atoms with Crippen molar-refractivity contribution in [2.24, 2.45) is 10.8 Å². The molecule has 1 spiro atoms. The summed E-state index contributed by atoms with van der Waals surface area (Å²) >= 11 is 0. The van der Waals surface area contributed by atoms with Crippen LogP contribution < -0.4 is 0 Å². The summed E-state index contributed by atoms with van der Waals surface area (Å²) < 4.78 is 0. The Bertz CT molecular complexity index is 373. The molecule has 0 aliphatic heterocycles. The van der Waals surface area contributed by atoms with E-state index in [1.807, 2.05) is 12.1 Å². The standard InChI is InChI=1S/C11H16O.C6H10/c1-11(2,3)8-9-4-6-10(12)7-5-9;1-2-6(3-1)4-5-6/h4-7,12H,8H2,1-3H3;1-5H2. The van der Waals surface area contributed by atoms with E-state index in [4.69, 9.17) is 5.11 Å². The molecule has 0 aromatic heterocycles. The molecule has 2 fully saturated rings. The van der Waals surface area contributed by atoms with E-state index in [-0.39, 0.29) is 0 Å². The zero-order valence-electron chi connectivity index (χ0n) is 12.0. The molecule has 0 saturated heterocycles. The Balaban J connectivity index is 0.000000164. The number of phenols is 1. The Morgan fingerprint density at radius 2 is 1.56 bits per heavy atom. The summed E-state index contributed by atoms with van der Waals surface area (Å²) in [7, 11) is 0. The Labute approximate surface area is 111 Å². The van der Waals surface area contributed by atoms with Crippen molar-refractivity contribution >= 4 is 0 Å². The van der Waals surface area contributed by atoms with Crippen LogP contribution in [0.4, 0.5) is 0 Å². The summed E-state index contributed by atoms with van der Waals surface area (Å²) in [5, 5.41) is 9.05. The minimum atomic E-state index is 0.316. The molecule has 0 amide bonds. The van der Waals surface area contributed by atoms with Gasteiger partial charge in [-0.2, -0.15) is 0 Å². The lowest BCUT2D eigenvalue weighted by molar-refractivity contribution is 0.289. The van der Waals surface area contributed by atoms with Crippen molar-refractivity contribution in [2.75, 3.05) is 0 Å². The summed E-state index contributed by atoms with van der Waals surface area (Å²) in [6.07, 6.45) is 8.83. The molecular weight excluding hydrogens is 220 g/mol. The molecule has 2 saturated carbocycles. The highest BCUT2D eigenvalue weighted by molar-refractivity contribution is 5.26. The first kappa shape index (κ1) is 13.5. The molecule has 0 bridgehead atoms. The lowest BCUT2D eigenvalue weighted by Gasteiger charge is -2.23. The second-order valence-electron chi connectivity index (χ2n) is 7.26. The molecule has 1 aromatic rings. The van der Waals surface area contributed by atoms with Crippen LogP contribution in [0.5, 0.6) is 5.75 Å². The molecule has 1 N–H and O–H groups in total. The van der Waals surface area contributed by atoms with Gasteiger partial charge >= 0.3 is 0 Å². The summed E-state index contributed by atoms with van der Waals surface area (Å²) in [5.41, 5.74) is 2.57. The van der Waals surface area contributed by atoms with E-state index in [2.05, 4.69) is 20.8 Å². The zero-order valence-corrected chi connectivity index (χ0v) is 12.0. The normalized spacial score (nSPS) is 19.7. The summed E-state index contributed by atoms with van der Waals surface area (Å²) in [6, 6.07) is 7.42. The SMILES string of the molecule is C1CC2(C1)CC2.CC(C)(C)Cc1ccc(O)cc1. The van der Waals surface area contributed by atoms with Gasteiger partial charge in [-0.15, -0.1) is 0 Å². The third-order valence-corrected chi connectivity index (χ3v) is 4.04. The molecule has 1 nitrogen and oxygen atoms in total. The van der Waals surface area contributed by atoms with Gasteiger partial charge in [-0.05, 0) is 60.6 Å². The second-order valence-corrected chi connectivity index (χ2v) is 7.26. The van der Waals surface area contributed by atoms with Gasteiger partial charge in [-0.3, -0.25) is 0 Å². The lowest BCUT2D eigenvalue weighted by atomic mass is 9.82. The van der Waals surface area contributed by atoms with E-state index in [1.165, 1.54) is 12.0 Å². The van der Waals surface area contributed by atoms with Crippen LogP contribution in [0, 0.1) is 10.8 Å². The van der Waals surface area contributed by atoms with Crippen LogP contribution in [-0.4, -0.2) is 5.11 Å². The predicted octanol–water partition coefficient (Wildman–Crippen LogP) is 4.93. The topological polar surface area (TPSA) is 20.2 Å². The van der Waals surface area contributed by atoms with Gasteiger partial charge in [0.2, 0.25) is 0 Å². The second kappa shape index (κ2) is 4.95. The smallest absolute Gasteiger partial charge is 0.115 e. The number of hydrogen-bond donors (Lipinski definition) is 1. The van der Waals surface area contributed by atoms with E-state index in [0.717, 1.165) is 11.8 Å². The van der Waals surface area contributed by atoms with Gasteiger partial charge in [0, 0.05) is 0 Å². The third kappa shape index (κ3) is 4.04. The molecule has 1 heteroatoms. The van der Waals surface area contributed by atoms with Crippen molar-refractivity contribution in [2.45, 2.75) is 59.3 Å². The summed E-state index contributed by atoms with van der Waals surface area (Å²) in [5.74, 6) is 0.340. The molecule has 1 aromatic carbocycles. The van der Waals surface area contributed by atoms with E-state index in [0.29, 0.717) is 11.2 Å². The van der Waals surface area contributed by atoms with Crippen molar-refractivity contribution in [1.29, 1.82) is 0 Å². The Hall–Kier alpha value is -0.980. The number of hydrogen-bond acceptors (Lipinski definition) is 1. The van der Waals surface area contributed by atoms with E-state index in [1.54, 1.807) is 37.8 Å². The zero-order chi connectivity index (χ0) is 13.2. The predicted molar refractivity (Wildman–Crippen MR) is 76.8 cm³/mol. The van der Waals surface area contributed by atoms with Gasteiger partial charge in [-0.25, -0.2) is 0 Å². The fourth-order valence-corrected chi connectivity index (χ4v) is 2.58. The highest BCUT2D eigenvalue weighted by atomic mass is 16.3. The maximum Gasteiger partial charge on any atom is 0.115 e. The Morgan fingerprint density at radius 3 is 1.83 bits per heavy atom. The first-order valence-electron chi connectivity index (χ1n) is 7.17. The number of phenolic OH excluding ortho intramolecular Hbond substituents is 1. The first-order chi connectivity index (χ1) is 8.39. The van der Waals surface area contributed by atoms with Crippen molar-refractivity contribution in [1.82, 2.24) is 0 Å². The van der Waals surface area contributed by atoms with Crippen LogP contribution in [0.25, 0.3) is 0 Å². The maximum absolute atomic E-state index is 9.05. The number of rotatable bonds is 1. The third-order valence-electron chi connectivity index (χ3n) is 4.04. The van der Waals surface area contributed by atoms with Gasteiger partial charge in [-0.1, -0.05) is 39.3 Å². The fourth-order valence-electron chi connectivity index (χ4n) is 2.58. The van der Waals surface area contributed by atoms with Crippen LogP contribution in [-0.2, 0) is 6.42 Å². The van der Waals surface area contributed by atoms with Crippen LogP contribution >= 0.6 is 0 Å². The van der Waals surface area contributed by atoms with Gasteiger partial charge in [0.05, 0.1) is 0 Å². The molecule has 0 radical (unpaired) electrons. The highest BCUT2D eigenvalue weighted by Gasteiger charge is 2.46. The molecule has 0 atom stereocenters. The van der Waals surface area contributed by atoms with Gasteiger partial charge in [0.25, 0.3) is 0 Å². The molecule has 3 rings (SSSR count). The molecule has 2 aliphatic carbocycles. The van der Waals surface area contributed by atoms with Crippen molar-refractivity contribution in [3.8, 4) is 5.75 Å². The van der Waals surface area contributed by atoms with Gasteiger partial charge < -0.3 is 5.11 Å². The molecular formula is C17H26O. The van der Waals surface area contributed by atoms with Crippen LogP contribution in [0.3, 0.4) is 0 Å². The molecule has 100 valence electrons. The average molecular weight is 246 g/mol. The summed E-state index contributed by atoms with van der Waals surface area (Å²) in [4.78, 5) is 0.